The van der Waals surface area contributed by atoms with E-state index in [1.807, 2.05) is 13.8 Å². The van der Waals surface area contributed by atoms with E-state index in [4.69, 9.17) is 5.73 Å². The van der Waals surface area contributed by atoms with Gasteiger partial charge in [0.15, 0.2) is 5.69 Å². The third-order valence-corrected chi connectivity index (χ3v) is 5.16. The van der Waals surface area contributed by atoms with Gasteiger partial charge in [-0.2, -0.15) is 18.3 Å². The van der Waals surface area contributed by atoms with E-state index < -0.39 is 23.9 Å². The Morgan fingerprint density at radius 3 is 2.69 bits per heavy atom. The second-order valence-corrected chi connectivity index (χ2v) is 8.35. The van der Waals surface area contributed by atoms with Crippen molar-refractivity contribution in [2.24, 2.45) is 11.1 Å². The zero-order chi connectivity index (χ0) is 21.6. The molecule has 0 unspecified atom stereocenters. The van der Waals surface area contributed by atoms with Gasteiger partial charge in [-0.3, -0.25) is 4.79 Å². The largest absolute Gasteiger partial charge is 0.435 e. The molecule has 2 aromatic rings. The standard InChI is InChI=1S/C20H25F3N4O2/c1-11(28)10-25-15-8-12(4-5-13(15)18(24)29)27-16-9-19(2,3)7-6-14(16)17(26-27)20(21,22)23/h4-5,8,11,25,28H,6-7,9-10H2,1-3H3,(H2,24,29)/t11-/m0/s1. The van der Waals surface area contributed by atoms with Crippen molar-refractivity contribution in [1.82, 2.24) is 9.78 Å². The van der Waals surface area contributed by atoms with Crippen LogP contribution in [0.3, 0.4) is 0 Å². The Balaban J connectivity index is 2.14. The van der Waals surface area contributed by atoms with Crippen LogP contribution in [0.25, 0.3) is 5.69 Å². The van der Waals surface area contributed by atoms with Gasteiger partial charge < -0.3 is 16.2 Å². The number of benzene rings is 1. The van der Waals surface area contributed by atoms with E-state index in [1.165, 1.54) is 22.9 Å². The zero-order valence-corrected chi connectivity index (χ0v) is 16.6. The summed E-state index contributed by atoms with van der Waals surface area (Å²) in [6.45, 7) is 5.77. The van der Waals surface area contributed by atoms with Gasteiger partial charge in [-0.1, -0.05) is 13.8 Å². The number of aliphatic hydroxyl groups excluding tert-OH is 1. The lowest BCUT2D eigenvalue weighted by Crippen LogP contribution is -2.24. The number of aliphatic hydroxyl groups is 1. The molecule has 9 heteroatoms. The van der Waals surface area contributed by atoms with Gasteiger partial charge in [-0.15, -0.1) is 0 Å². The molecule has 1 aromatic carbocycles. The van der Waals surface area contributed by atoms with Gasteiger partial charge in [0.2, 0.25) is 0 Å². The summed E-state index contributed by atoms with van der Waals surface area (Å²) in [6.07, 6.45) is -3.81. The predicted molar refractivity (Wildman–Crippen MR) is 103 cm³/mol. The van der Waals surface area contributed by atoms with Gasteiger partial charge in [0, 0.05) is 23.5 Å². The molecule has 1 atom stereocenters. The number of carbonyl (C=O) groups excluding carboxylic acids is 1. The number of alkyl halides is 3. The summed E-state index contributed by atoms with van der Waals surface area (Å²) in [7, 11) is 0. The smallest absolute Gasteiger partial charge is 0.392 e. The molecule has 0 saturated heterocycles. The molecule has 0 bridgehead atoms. The van der Waals surface area contributed by atoms with Crippen LogP contribution >= 0.6 is 0 Å². The molecule has 0 radical (unpaired) electrons. The van der Waals surface area contributed by atoms with Crippen molar-refractivity contribution in [3.63, 3.8) is 0 Å². The average Bonchev–Trinajstić information content (AvgIpc) is 2.97. The maximum absolute atomic E-state index is 13.6. The lowest BCUT2D eigenvalue weighted by atomic mass is 9.76. The minimum Gasteiger partial charge on any atom is -0.392 e. The van der Waals surface area contributed by atoms with Crippen molar-refractivity contribution >= 4 is 11.6 Å². The fourth-order valence-corrected chi connectivity index (χ4v) is 3.66. The normalized spacial score (nSPS) is 16.9. The molecule has 0 fully saturated rings. The molecule has 1 heterocycles. The summed E-state index contributed by atoms with van der Waals surface area (Å²) in [5, 5.41) is 16.3. The molecular formula is C20H25F3N4O2. The van der Waals surface area contributed by atoms with Crippen LogP contribution in [-0.4, -0.2) is 33.4 Å². The number of carbonyl (C=O) groups is 1. The number of amides is 1. The fraction of sp³-hybridized carbons (Fsp3) is 0.500. The van der Waals surface area contributed by atoms with Crippen LogP contribution in [0.4, 0.5) is 18.9 Å². The molecule has 1 amide bonds. The first-order valence-electron chi connectivity index (χ1n) is 9.43. The molecule has 3 rings (SSSR count). The van der Waals surface area contributed by atoms with Crippen molar-refractivity contribution in [2.45, 2.75) is 52.3 Å². The number of nitrogens with two attached hydrogens (primary N) is 1. The Hall–Kier alpha value is -2.55. The number of aromatic nitrogens is 2. The number of rotatable bonds is 5. The van der Waals surface area contributed by atoms with Crippen LogP contribution in [-0.2, 0) is 19.0 Å². The van der Waals surface area contributed by atoms with E-state index in [1.54, 1.807) is 6.92 Å². The highest BCUT2D eigenvalue weighted by molar-refractivity contribution is 5.98. The highest BCUT2D eigenvalue weighted by Gasteiger charge is 2.42. The van der Waals surface area contributed by atoms with Gasteiger partial charge in [0.1, 0.15) is 0 Å². The first-order valence-corrected chi connectivity index (χ1v) is 9.43. The lowest BCUT2D eigenvalue weighted by Gasteiger charge is -2.30. The zero-order valence-electron chi connectivity index (χ0n) is 16.6. The van der Waals surface area contributed by atoms with Gasteiger partial charge in [-0.05, 0) is 49.8 Å². The van der Waals surface area contributed by atoms with Gasteiger partial charge in [0.05, 0.1) is 17.4 Å². The molecule has 6 nitrogen and oxygen atoms in total. The fourth-order valence-electron chi connectivity index (χ4n) is 3.66. The molecule has 0 saturated carbocycles. The number of anilines is 1. The van der Waals surface area contributed by atoms with Crippen LogP contribution in [0.15, 0.2) is 18.2 Å². The first kappa shape index (κ1) is 21.2. The van der Waals surface area contributed by atoms with Crippen LogP contribution < -0.4 is 11.1 Å². The average molecular weight is 410 g/mol. The summed E-state index contributed by atoms with van der Waals surface area (Å²) in [5.41, 5.74) is 6.08. The SMILES string of the molecule is C[C@H](O)CNc1cc(-n2nc(C(F)(F)F)c3c2CC(C)(C)CC3)ccc1C(N)=O. The Labute approximate surface area is 166 Å². The maximum Gasteiger partial charge on any atom is 0.435 e. The maximum atomic E-state index is 13.6. The van der Waals surface area contributed by atoms with E-state index in [2.05, 4.69) is 10.4 Å². The molecule has 1 aliphatic rings. The quantitative estimate of drug-likeness (QED) is 0.705. The van der Waals surface area contributed by atoms with Gasteiger partial charge in [-0.25, -0.2) is 4.68 Å². The molecule has 1 aromatic heterocycles. The number of fused-ring (bicyclic) bond motifs is 1. The third-order valence-electron chi connectivity index (χ3n) is 5.16. The summed E-state index contributed by atoms with van der Waals surface area (Å²) < 4.78 is 42.1. The Kier molecular flexibility index (Phi) is 5.38. The molecule has 158 valence electrons. The van der Waals surface area contributed by atoms with Crippen LogP contribution in [0, 0.1) is 5.41 Å². The topological polar surface area (TPSA) is 93.2 Å². The Bertz CT molecular complexity index is 933. The van der Waals surface area contributed by atoms with E-state index in [0.717, 1.165) is 0 Å². The second kappa shape index (κ2) is 7.37. The Morgan fingerprint density at radius 1 is 1.41 bits per heavy atom. The van der Waals surface area contributed by atoms with E-state index in [0.29, 0.717) is 36.3 Å². The summed E-state index contributed by atoms with van der Waals surface area (Å²) >= 11 is 0. The molecule has 29 heavy (non-hydrogen) atoms. The number of hydrogen-bond donors (Lipinski definition) is 3. The van der Waals surface area contributed by atoms with Crippen LogP contribution in [0.2, 0.25) is 0 Å². The number of nitrogens with zero attached hydrogens (tertiary/aromatic N) is 2. The van der Waals surface area contributed by atoms with Crippen LogP contribution in [0.5, 0.6) is 0 Å². The molecular weight excluding hydrogens is 385 g/mol. The second-order valence-electron chi connectivity index (χ2n) is 8.35. The van der Waals surface area contributed by atoms with Crippen LogP contribution in [0.1, 0.15) is 54.5 Å². The van der Waals surface area contributed by atoms with Crippen molar-refractivity contribution in [1.29, 1.82) is 0 Å². The number of primary amides is 1. The number of halogens is 3. The first-order chi connectivity index (χ1) is 13.4. The minimum absolute atomic E-state index is 0.145. The van der Waals surface area contributed by atoms with E-state index in [9.17, 15) is 23.1 Å². The molecule has 0 spiro atoms. The number of nitrogens with one attached hydrogen (secondary N) is 1. The highest BCUT2D eigenvalue weighted by atomic mass is 19.4. The minimum atomic E-state index is -4.54. The highest BCUT2D eigenvalue weighted by Crippen LogP contribution is 2.42. The summed E-state index contributed by atoms with van der Waals surface area (Å²) in [5.74, 6) is -0.677. The van der Waals surface area contributed by atoms with Gasteiger partial charge >= 0.3 is 6.18 Å². The van der Waals surface area contributed by atoms with Crippen molar-refractivity contribution in [3.8, 4) is 5.69 Å². The summed E-state index contributed by atoms with van der Waals surface area (Å²) in [6, 6.07) is 4.53. The van der Waals surface area contributed by atoms with Crippen molar-refractivity contribution in [3.05, 3.63) is 40.7 Å². The van der Waals surface area contributed by atoms with E-state index >= 15 is 0 Å². The number of hydrogen-bond acceptors (Lipinski definition) is 4. The lowest BCUT2D eigenvalue weighted by molar-refractivity contribution is -0.142. The molecule has 0 aliphatic heterocycles. The van der Waals surface area contributed by atoms with Crippen molar-refractivity contribution < 1.29 is 23.1 Å². The third kappa shape index (κ3) is 4.39. The summed E-state index contributed by atoms with van der Waals surface area (Å²) in [4.78, 5) is 11.7. The van der Waals surface area contributed by atoms with Gasteiger partial charge in [0.25, 0.3) is 5.91 Å². The molecule has 4 N–H and O–H groups in total. The predicted octanol–water partition coefficient (Wildman–Crippen LogP) is 3.30. The monoisotopic (exact) mass is 410 g/mol. The Morgan fingerprint density at radius 2 is 2.10 bits per heavy atom. The molecule has 1 aliphatic carbocycles. The van der Waals surface area contributed by atoms with Crippen molar-refractivity contribution in [2.75, 3.05) is 11.9 Å². The van der Waals surface area contributed by atoms with E-state index in [-0.39, 0.29) is 23.1 Å².